The van der Waals surface area contributed by atoms with Gasteiger partial charge in [0.25, 0.3) is 5.69 Å². The van der Waals surface area contributed by atoms with E-state index < -0.39 is 0 Å². The Hall–Kier alpha value is -1.62. The van der Waals surface area contributed by atoms with Gasteiger partial charge in [0.05, 0.1) is 4.92 Å². The van der Waals surface area contributed by atoms with Crippen molar-refractivity contribution in [3.63, 3.8) is 0 Å². The van der Waals surface area contributed by atoms with E-state index in [1.807, 2.05) is 19.1 Å². The van der Waals surface area contributed by atoms with Crippen LogP contribution in [0, 0.1) is 10.1 Å². The van der Waals surface area contributed by atoms with Crippen molar-refractivity contribution in [3.05, 3.63) is 33.9 Å². The molecule has 0 aliphatic carbocycles. The molecule has 18 heavy (non-hydrogen) atoms. The van der Waals surface area contributed by atoms with E-state index in [9.17, 15) is 10.1 Å². The zero-order valence-electron chi connectivity index (χ0n) is 10.8. The summed E-state index contributed by atoms with van der Waals surface area (Å²) in [5, 5.41) is 14.4. The molecule has 1 atom stereocenters. The number of hydrogen-bond acceptors (Lipinski definition) is 4. The molecular formula is C13H19N3O2. The summed E-state index contributed by atoms with van der Waals surface area (Å²) in [6.45, 7) is 4.00. The zero-order valence-corrected chi connectivity index (χ0v) is 10.8. The molecule has 1 aromatic rings. The number of nitrogens with one attached hydrogen (secondary N) is 1. The Morgan fingerprint density at radius 1 is 1.56 bits per heavy atom. The lowest BCUT2D eigenvalue weighted by Crippen LogP contribution is -2.23. The van der Waals surface area contributed by atoms with Crippen molar-refractivity contribution in [2.45, 2.75) is 25.8 Å². The maximum Gasteiger partial charge on any atom is 0.274 e. The summed E-state index contributed by atoms with van der Waals surface area (Å²) in [5.74, 6) is 0. The Labute approximate surface area is 107 Å². The minimum atomic E-state index is -0.301. The first-order valence-corrected chi connectivity index (χ1v) is 6.32. The van der Waals surface area contributed by atoms with Crippen LogP contribution in [0.25, 0.3) is 0 Å². The molecule has 1 aromatic carbocycles. The van der Waals surface area contributed by atoms with Crippen LogP contribution in [0.5, 0.6) is 0 Å². The minimum Gasteiger partial charge on any atom is -0.381 e. The number of anilines is 1. The molecule has 1 N–H and O–H groups in total. The summed E-state index contributed by atoms with van der Waals surface area (Å²) in [7, 11) is 2.09. The topological polar surface area (TPSA) is 58.4 Å². The van der Waals surface area contributed by atoms with Crippen LogP contribution < -0.4 is 5.32 Å². The minimum absolute atomic E-state index is 0.217. The van der Waals surface area contributed by atoms with Crippen LogP contribution in [0.15, 0.2) is 18.2 Å². The predicted octanol–water partition coefficient (Wildman–Crippen LogP) is 2.27. The number of nitro groups is 1. The molecule has 1 aliphatic rings. The molecule has 2 rings (SSSR count). The van der Waals surface area contributed by atoms with Crippen molar-refractivity contribution in [1.29, 1.82) is 0 Å². The highest BCUT2D eigenvalue weighted by molar-refractivity contribution is 5.55. The fraction of sp³-hybridized carbons (Fsp3) is 0.538. The van der Waals surface area contributed by atoms with Gasteiger partial charge in [-0.1, -0.05) is 13.0 Å². The molecule has 0 aromatic heterocycles. The van der Waals surface area contributed by atoms with Crippen LogP contribution >= 0.6 is 0 Å². The van der Waals surface area contributed by atoms with Crippen molar-refractivity contribution in [2.24, 2.45) is 0 Å². The van der Waals surface area contributed by atoms with E-state index >= 15 is 0 Å². The summed E-state index contributed by atoms with van der Waals surface area (Å²) >= 11 is 0. The number of likely N-dealkylation sites (N-methyl/N-ethyl adjacent to an activating group) is 1. The van der Waals surface area contributed by atoms with Gasteiger partial charge in [0, 0.05) is 29.9 Å². The fourth-order valence-electron chi connectivity index (χ4n) is 2.41. The van der Waals surface area contributed by atoms with Gasteiger partial charge in [-0.25, -0.2) is 0 Å². The first kappa shape index (κ1) is 12.8. The van der Waals surface area contributed by atoms with Crippen LogP contribution in [0.2, 0.25) is 0 Å². The van der Waals surface area contributed by atoms with E-state index in [0.717, 1.165) is 30.8 Å². The summed E-state index contributed by atoms with van der Waals surface area (Å²) in [4.78, 5) is 12.9. The second kappa shape index (κ2) is 5.35. The summed E-state index contributed by atoms with van der Waals surface area (Å²) < 4.78 is 0. The molecule has 5 heteroatoms. The third-order valence-corrected chi connectivity index (χ3v) is 3.43. The average molecular weight is 249 g/mol. The van der Waals surface area contributed by atoms with E-state index in [2.05, 4.69) is 17.3 Å². The number of nitro benzene ring substituents is 1. The van der Waals surface area contributed by atoms with Gasteiger partial charge in [0.15, 0.2) is 0 Å². The monoisotopic (exact) mass is 249 g/mol. The van der Waals surface area contributed by atoms with E-state index in [4.69, 9.17) is 0 Å². The van der Waals surface area contributed by atoms with Crippen molar-refractivity contribution in [1.82, 2.24) is 4.90 Å². The number of hydrogen-bond donors (Lipinski definition) is 1. The SMILES string of the molecule is CCc1ccc(NC2CCN(C)C2)cc1[N+](=O)[O-]. The molecule has 1 unspecified atom stereocenters. The van der Waals surface area contributed by atoms with Gasteiger partial charge in [-0.05, 0) is 32.5 Å². The quantitative estimate of drug-likeness (QED) is 0.657. The Kier molecular flexibility index (Phi) is 3.81. The molecular weight excluding hydrogens is 230 g/mol. The standard InChI is InChI=1S/C13H19N3O2/c1-3-10-4-5-11(8-13(10)16(17)18)14-12-6-7-15(2)9-12/h4-5,8,12,14H,3,6-7,9H2,1-2H3. The van der Waals surface area contributed by atoms with Gasteiger partial charge in [-0.15, -0.1) is 0 Å². The van der Waals surface area contributed by atoms with E-state index in [-0.39, 0.29) is 10.6 Å². The Bertz CT molecular complexity index is 448. The average Bonchev–Trinajstić information content (AvgIpc) is 2.74. The van der Waals surface area contributed by atoms with Gasteiger partial charge in [0.1, 0.15) is 0 Å². The largest absolute Gasteiger partial charge is 0.381 e. The van der Waals surface area contributed by atoms with E-state index in [1.165, 1.54) is 0 Å². The normalized spacial score (nSPS) is 20.0. The second-order valence-corrected chi connectivity index (χ2v) is 4.85. The molecule has 0 bridgehead atoms. The van der Waals surface area contributed by atoms with Crippen LogP contribution in [-0.4, -0.2) is 36.0 Å². The predicted molar refractivity (Wildman–Crippen MR) is 72.0 cm³/mol. The Morgan fingerprint density at radius 3 is 2.89 bits per heavy atom. The van der Waals surface area contributed by atoms with E-state index in [1.54, 1.807) is 6.07 Å². The number of rotatable bonds is 4. The van der Waals surface area contributed by atoms with Gasteiger partial charge in [0.2, 0.25) is 0 Å². The maximum absolute atomic E-state index is 11.0. The van der Waals surface area contributed by atoms with Crippen LogP contribution in [0.4, 0.5) is 11.4 Å². The molecule has 0 spiro atoms. The first-order valence-electron chi connectivity index (χ1n) is 6.32. The molecule has 1 saturated heterocycles. The van der Waals surface area contributed by atoms with Gasteiger partial charge >= 0.3 is 0 Å². The lowest BCUT2D eigenvalue weighted by molar-refractivity contribution is -0.385. The number of aryl methyl sites for hydroxylation is 1. The highest BCUT2D eigenvalue weighted by Crippen LogP contribution is 2.25. The van der Waals surface area contributed by atoms with Crippen LogP contribution in [0.3, 0.4) is 0 Å². The van der Waals surface area contributed by atoms with Crippen molar-refractivity contribution in [3.8, 4) is 0 Å². The van der Waals surface area contributed by atoms with Crippen molar-refractivity contribution < 1.29 is 4.92 Å². The molecule has 0 saturated carbocycles. The van der Waals surface area contributed by atoms with Gasteiger partial charge in [-0.2, -0.15) is 0 Å². The van der Waals surface area contributed by atoms with Crippen molar-refractivity contribution in [2.75, 3.05) is 25.5 Å². The zero-order chi connectivity index (χ0) is 13.1. The van der Waals surface area contributed by atoms with Crippen LogP contribution in [0.1, 0.15) is 18.9 Å². The summed E-state index contributed by atoms with van der Waals surface area (Å²) in [6, 6.07) is 5.82. The molecule has 0 amide bonds. The Balaban J connectivity index is 2.14. The number of benzene rings is 1. The molecule has 1 aliphatic heterocycles. The fourth-order valence-corrected chi connectivity index (χ4v) is 2.41. The Morgan fingerprint density at radius 2 is 2.33 bits per heavy atom. The third kappa shape index (κ3) is 2.79. The molecule has 98 valence electrons. The lowest BCUT2D eigenvalue weighted by atomic mass is 10.1. The summed E-state index contributed by atoms with van der Waals surface area (Å²) in [5.41, 5.74) is 1.85. The molecule has 1 fully saturated rings. The highest BCUT2D eigenvalue weighted by Gasteiger charge is 2.20. The first-order chi connectivity index (χ1) is 8.60. The molecule has 5 nitrogen and oxygen atoms in total. The smallest absolute Gasteiger partial charge is 0.274 e. The van der Waals surface area contributed by atoms with Gasteiger partial charge < -0.3 is 10.2 Å². The maximum atomic E-state index is 11.0. The molecule has 1 heterocycles. The van der Waals surface area contributed by atoms with Gasteiger partial charge in [-0.3, -0.25) is 10.1 Å². The summed E-state index contributed by atoms with van der Waals surface area (Å²) in [6.07, 6.45) is 1.77. The van der Waals surface area contributed by atoms with E-state index in [0.29, 0.717) is 12.5 Å². The van der Waals surface area contributed by atoms with Crippen molar-refractivity contribution >= 4 is 11.4 Å². The lowest BCUT2D eigenvalue weighted by Gasteiger charge is -2.14. The number of nitrogens with zero attached hydrogens (tertiary/aromatic N) is 2. The number of likely N-dealkylation sites (tertiary alicyclic amines) is 1. The highest BCUT2D eigenvalue weighted by atomic mass is 16.6. The third-order valence-electron chi connectivity index (χ3n) is 3.43. The van der Waals surface area contributed by atoms with Crippen LogP contribution in [-0.2, 0) is 6.42 Å². The second-order valence-electron chi connectivity index (χ2n) is 4.85. The molecule has 0 radical (unpaired) electrons.